The van der Waals surface area contributed by atoms with Gasteiger partial charge in [0.1, 0.15) is 11.5 Å². The monoisotopic (exact) mass is 936 g/mol. The number of morpholine rings is 1. The Bertz CT molecular complexity index is 2090. The van der Waals surface area contributed by atoms with E-state index in [1.807, 2.05) is 4.90 Å². The third-order valence-corrected chi connectivity index (χ3v) is 16.0. The van der Waals surface area contributed by atoms with Crippen LogP contribution >= 0.6 is 0 Å². The smallest absolute Gasteiger partial charge is 0.238 e. The SMILES string of the molecule is C1CCC(N2CCCC2)CC1.CC[NH+]1CCC(N2CCCC2)CC1.COc1ncc(-c2nc(N3CCOCC3)nc3c(CN4CCC(N5CCCC5)CC4)cc(F)cc23)cc1NS(C)(=O)=O. The Balaban J connectivity index is 0.000000198. The van der Waals surface area contributed by atoms with Crippen LogP contribution in [0.1, 0.15) is 109 Å². The lowest BCUT2D eigenvalue weighted by Gasteiger charge is -2.36. The third kappa shape index (κ3) is 13.3. The average molecular weight is 936 g/mol. The first-order valence-corrected chi connectivity index (χ1v) is 27.7. The number of pyridine rings is 1. The second-order valence-corrected chi connectivity index (χ2v) is 21.7. The number of hydrogen-bond acceptors (Lipinski definition) is 12. The maximum absolute atomic E-state index is 15.3. The van der Waals surface area contributed by atoms with Gasteiger partial charge >= 0.3 is 0 Å². The highest BCUT2D eigenvalue weighted by molar-refractivity contribution is 7.92. The summed E-state index contributed by atoms with van der Waals surface area (Å²) >= 11 is 0. The van der Waals surface area contributed by atoms with E-state index >= 15 is 4.39 Å². The van der Waals surface area contributed by atoms with E-state index in [0.717, 1.165) is 49.8 Å². The molecule has 1 aromatic carbocycles. The van der Waals surface area contributed by atoms with Gasteiger partial charge in [-0.3, -0.25) is 14.5 Å². The molecule has 0 unspecified atom stereocenters. The van der Waals surface area contributed by atoms with Crippen molar-refractivity contribution in [2.24, 2.45) is 0 Å². The van der Waals surface area contributed by atoms with E-state index in [4.69, 9.17) is 19.4 Å². The number of fused-ring (bicyclic) bond motifs is 1. The Labute approximate surface area is 395 Å². The number of hydrogen-bond donors (Lipinski definition) is 2. The van der Waals surface area contributed by atoms with E-state index in [1.54, 1.807) is 18.3 Å². The van der Waals surface area contributed by atoms with Crippen LogP contribution in [-0.4, -0.2) is 173 Å². The highest BCUT2D eigenvalue weighted by atomic mass is 32.2. The average Bonchev–Trinajstić information content (AvgIpc) is 4.19. The van der Waals surface area contributed by atoms with Gasteiger partial charge in [-0.1, -0.05) is 19.3 Å². The summed E-state index contributed by atoms with van der Waals surface area (Å²) in [5, 5.41) is 0.547. The number of anilines is 2. The Morgan fingerprint density at radius 3 is 1.88 bits per heavy atom. The molecule has 0 atom stereocenters. The summed E-state index contributed by atoms with van der Waals surface area (Å²) in [5.41, 5.74) is 2.65. The summed E-state index contributed by atoms with van der Waals surface area (Å²) in [6.45, 7) is 19.3. The van der Waals surface area contributed by atoms with E-state index < -0.39 is 10.0 Å². The molecule has 0 amide bonds. The Morgan fingerprint density at radius 2 is 1.32 bits per heavy atom. The molecule has 2 N–H and O–H groups in total. The van der Waals surface area contributed by atoms with Crippen molar-refractivity contribution in [3.8, 4) is 17.1 Å². The fraction of sp³-hybridized carbons (Fsp3) is 0.740. The molecule has 6 aliphatic heterocycles. The summed E-state index contributed by atoms with van der Waals surface area (Å²) in [5.74, 6) is 0.277. The Morgan fingerprint density at radius 1 is 0.742 bits per heavy atom. The largest absolute Gasteiger partial charge is 0.480 e. The van der Waals surface area contributed by atoms with Crippen molar-refractivity contribution in [3.05, 3.63) is 35.8 Å². The summed E-state index contributed by atoms with van der Waals surface area (Å²) in [7, 11) is -2.19. The van der Waals surface area contributed by atoms with Crippen molar-refractivity contribution in [1.82, 2.24) is 34.6 Å². The molecule has 2 aromatic heterocycles. The normalized spacial score (nSPS) is 24.5. The first-order chi connectivity index (χ1) is 32.1. The molecule has 1 aliphatic carbocycles. The number of quaternary nitrogens is 1. The molecule has 0 spiro atoms. The van der Waals surface area contributed by atoms with Crippen LogP contribution in [0.25, 0.3) is 22.2 Å². The number of piperidine rings is 2. The summed E-state index contributed by atoms with van der Waals surface area (Å²) in [6.07, 6.45) is 23.6. The summed E-state index contributed by atoms with van der Waals surface area (Å²) in [4.78, 5) is 28.5. The number of sulfonamides is 1. The zero-order valence-electron chi connectivity index (χ0n) is 40.5. The topological polar surface area (TPSA) is 124 Å². The highest BCUT2D eigenvalue weighted by Gasteiger charge is 2.30. The van der Waals surface area contributed by atoms with Crippen LogP contribution in [0.2, 0.25) is 0 Å². The van der Waals surface area contributed by atoms with Gasteiger partial charge in [-0.2, -0.15) is 0 Å². The molecule has 16 heteroatoms. The number of ether oxygens (including phenoxy) is 2. The molecular weight excluding hydrogens is 856 g/mol. The lowest BCUT2D eigenvalue weighted by atomic mass is 9.94. The van der Waals surface area contributed by atoms with Crippen LogP contribution in [0.3, 0.4) is 0 Å². The van der Waals surface area contributed by atoms with Crippen LogP contribution in [0.4, 0.5) is 16.0 Å². The van der Waals surface area contributed by atoms with Crippen molar-refractivity contribution >= 4 is 32.6 Å². The lowest BCUT2D eigenvalue weighted by Crippen LogP contribution is -3.13. The lowest BCUT2D eigenvalue weighted by molar-refractivity contribution is -0.903. The van der Waals surface area contributed by atoms with Gasteiger partial charge in [-0.25, -0.2) is 27.8 Å². The minimum atomic E-state index is -3.61. The highest BCUT2D eigenvalue weighted by Crippen LogP contribution is 2.35. The molecular formula is C50H80FN10O4S+. The van der Waals surface area contributed by atoms with Gasteiger partial charge < -0.3 is 29.1 Å². The fourth-order valence-electron chi connectivity index (χ4n) is 11.7. The number of methoxy groups -OCH3 is 1. The van der Waals surface area contributed by atoms with E-state index in [0.29, 0.717) is 67.0 Å². The summed E-state index contributed by atoms with van der Waals surface area (Å²) in [6, 6.07) is 7.20. The van der Waals surface area contributed by atoms with Gasteiger partial charge in [0.15, 0.2) is 0 Å². The van der Waals surface area contributed by atoms with Gasteiger partial charge in [0, 0.05) is 67.7 Å². The van der Waals surface area contributed by atoms with Crippen LogP contribution in [0.5, 0.6) is 5.88 Å². The van der Waals surface area contributed by atoms with Gasteiger partial charge in [0.25, 0.3) is 0 Å². The molecule has 7 aliphatic rings. The van der Waals surface area contributed by atoms with Gasteiger partial charge in [0.2, 0.25) is 21.9 Å². The molecule has 366 valence electrons. The number of halogens is 1. The predicted octanol–water partition coefficient (Wildman–Crippen LogP) is 5.67. The summed E-state index contributed by atoms with van der Waals surface area (Å²) < 4.78 is 52.7. The molecule has 3 aromatic rings. The minimum absolute atomic E-state index is 0.125. The molecule has 10 rings (SSSR count). The van der Waals surface area contributed by atoms with Crippen LogP contribution < -0.4 is 19.3 Å². The van der Waals surface area contributed by atoms with Crippen molar-refractivity contribution < 1.29 is 27.2 Å². The zero-order valence-corrected chi connectivity index (χ0v) is 41.3. The molecule has 1 saturated carbocycles. The van der Waals surface area contributed by atoms with Crippen molar-refractivity contribution in [3.63, 3.8) is 0 Å². The number of nitrogens with zero attached hydrogens (tertiary/aromatic N) is 8. The van der Waals surface area contributed by atoms with Crippen LogP contribution in [0, 0.1) is 5.82 Å². The van der Waals surface area contributed by atoms with E-state index in [1.165, 1.54) is 156 Å². The Kier molecular flexibility index (Phi) is 17.8. The molecule has 8 heterocycles. The van der Waals surface area contributed by atoms with Crippen molar-refractivity contribution in [1.29, 1.82) is 0 Å². The fourth-order valence-corrected chi connectivity index (χ4v) is 12.2. The van der Waals surface area contributed by atoms with Crippen molar-refractivity contribution in [2.75, 3.05) is 121 Å². The van der Waals surface area contributed by atoms with Gasteiger partial charge in [0.05, 0.1) is 57.4 Å². The second-order valence-electron chi connectivity index (χ2n) is 20.0. The maximum atomic E-state index is 15.3. The number of aromatic nitrogens is 3. The third-order valence-electron chi connectivity index (χ3n) is 15.4. The van der Waals surface area contributed by atoms with Crippen molar-refractivity contribution in [2.45, 2.75) is 128 Å². The quantitative estimate of drug-likeness (QED) is 0.246. The molecule has 0 radical (unpaired) electrons. The van der Waals surface area contributed by atoms with Crippen LogP contribution in [-0.2, 0) is 21.3 Å². The van der Waals surface area contributed by atoms with Crippen LogP contribution in [0.15, 0.2) is 24.4 Å². The van der Waals surface area contributed by atoms with E-state index in [-0.39, 0.29) is 17.4 Å². The number of likely N-dealkylation sites (tertiary alicyclic amines) is 5. The van der Waals surface area contributed by atoms with Gasteiger partial charge in [-0.05, 0) is 147 Å². The minimum Gasteiger partial charge on any atom is -0.480 e. The maximum Gasteiger partial charge on any atom is 0.238 e. The number of nitrogens with one attached hydrogen (secondary N) is 2. The molecule has 14 nitrogen and oxygen atoms in total. The predicted molar refractivity (Wildman–Crippen MR) is 263 cm³/mol. The molecule has 66 heavy (non-hydrogen) atoms. The van der Waals surface area contributed by atoms with E-state index in [9.17, 15) is 8.42 Å². The first kappa shape index (κ1) is 49.2. The molecule has 6 saturated heterocycles. The zero-order chi connectivity index (χ0) is 45.9. The number of benzene rings is 1. The molecule has 7 fully saturated rings. The standard InChI is InChI=1S/C29H38FN7O4S.C11H22N2.C10H19N/c1-40-28-25(34-42(2,38)39)16-20(18-31-28)26-24-17-22(30)15-21(27(24)33-29(32-26)37-11-13-41-14-12-37)19-35-9-5-23(6-10-35)36-7-3-4-8-36;1-2-12-9-5-11(6-10-12)13-7-3-4-8-13;1-2-6-10(7-3-1)11-8-4-5-9-11/h15-18,23,34H,3-14,19H2,1-2H3;11H,2-10H2,1H3;10H,1-9H2/p+1. The number of rotatable bonds is 11. The second kappa shape index (κ2) is 23.9. The first-order valence-electron chi connectivity index (χ1n) is 25.8. The Hall–Kier alpha value is -3.25. The van der Waals surface area contributed by atoms with Gasteiger partial charge in [-0.15, -0.1) is 0 Å². The van der Waals surface area contributed by atoms with E-state index in [2.05, 4.69) is 41.1 Å². The molecule has 0 bridgehead atoms.